The monoisotopic (exact) mass is 331 g/mol. The van der Waals surface area contributed by atoms with Crippen molar-refractivity contribution in [3.8, 4) is 0 Å². The van der Waals surface area contributed by atoms with Crippen molar-refractivity contribution in [3.05, 3.63) is 29.8 Å². The molecule has 0 saturated heterocycles. The smallest absolute Gasteiger partial charge is 0.228 e. The number of benzene rings is 1. The maximum atomic E-state index is 12.2. The molecule has 0 spiro atoms. The van der Waals surface area contributed by atoms with Gasteiger partial charge in [0.25, 0.3) is 0 Å². The van der Waals surface area contributed by atoms with E-state index in [1.807, 2.05) is 38.4 Å². The van der Waals surface area contributed by atoms with Crippen molar-refractivity contribution in [2.75, 3.05) is 32.5 Å². The summed E-state index contributed by atoms with van der Waals surface area (Å²) in [6, 6.07) is 7.90. The van der Waals surface area contributed by atoms with E-state index in [1.54, 1.807) is 0 Å². The zero-order valence-corrected chi connectivity index (χ0v) is 15.1. The Balaban J connectivity index is 1.73. The maximum absolute atomic E-state index is 12.2. The van der Waals surface area contributed by atoms with Crippen LogP contribution in [0.2, 0.25) is 0 Å². The largest absolute Gasteiger partial charge is 0.356 e. The molecular weight excluding hydrogens is 302 g/mol. The third kappa shape index (κ3) is 5.34. The highest BCUT2D eigenvalue weighted by molar-refractivity contribution is 5.99. The van der Waals surface area contributed by atoms with Crippen LogP contribution >= 0.6 is 0 Å². The minimum absolute atomic E-state index is 0.00376. The van der Waals surface area contributed by atoms with Gasteiger partial charge in [0.2, 0.25) is 11.8 Å². The van der Waals surface area contributed by atoms with Crippen LogP contribution in [0.4, 0.5) is 5.69 Å². The molecule has 24 heavy (non-hydrogen) atoms. The van der Waals surface area contributed by atoms with Gasteiger partial charge >= 0.3 is 0 Å². The molecule has 1 aliphatic carbocycles. The summed E-state index contributed by atoms with van der Waals surface area (Å²) < 4.78 is 0. The molecule has 2 unspecified atom stereocenters. The molecular formula is C19H29N3O2. The molecule has 1 saturated carbocycles. The lowest BCUT2D eigenvalue weighted by molar-refractivity contribution is -0.125. The van der Waals surface area contributed by atoms with Gasteiger partial charge in [-0.1, -0.05) is 26.0 Å². The number of anilines is 1. The number of carbonyl (C=O) groups excluding carboxylic acids is 2. The first-order chi connectivity index (χ1) is 11.4. The molecule has 2 rings (SSSR count). The van der Waals surface area contributed by atoms with Crippen LogP contribution in [0.1, 0.15) is 38.2 Å². The Morgan fingerprint density at radius 1 is 1.12 bits per heavy atom. The van der Waals surface area contributed by atoms with E-state index in [1.165, 1.54) is 5.56 Å². The Morgan fingerprint density at radius 2 is 1.75 bits per heavy atom. The Kier molecular flexibility index (Phi) is 6.37. The van der Waals surface area contributed by atoms with Crippen LogP contribution in [-0.2, 0) is 9.59 Å². The van der Waals surface area contributed by atoms with Gasteiger partial charge in [-0.2, -0.15) is 0 Å². The SMILES string of the molecule is CC(C)c1ccc(NC(=O)C2CC2C(=O)NCCCN(C)C)cc1. The molecule has 0 aromatic heterocycles. The number of rotatable bonds is 8. The molecule has 2 atom stereocenters. The zero-order valence-electron chi connectivity index (χ0n) is 15.1. The third-order valence-electron chi connectivity index (χ3n) is 4.39. The molecule has 0 aliphatic heterocycles. The molecule has 5 heteroatoms. The van der Waals surface area contributed by atoms with Gasteiger partial charge in [0.1, 0.15) is 0 Å². The average molecular weight is 331 g/mol. The van der Waals surface area contributed by atoms with Crippen molar-refractivity contribution in [1.29, 1.82) is 0 Å². The number of carbonyl (C=O) groups is 2. The second-order valence-corrected chi connectivity index (χ2v) is 7.16. The summed E-state index contributed by atoms with van der Waals surface area (Å²) >= 11 is 0. The Bertz CT molecular complexity index is 566. The normalized spacial score (nSPS) is 19.4. The molecule has 1 aromatic carbocycles. The first kappa shape index (κ1) is 18.5. The van der Waals surface area contributed by atoms with E-state index in [0.717, 1.165) is 18.7 Å². The molecule has 5 nitrogen and oxygen atoms in total. The van der Waals surface area contributed by atoms with Gasteiger partial charge in [-0.3, -0.25) is 9.59 Å². The van der Waals surface area contributed by atoms with Gasteiger partial charge in [-0.05, 0) is 57.1 Å². The fourth-order valence-electron chi connectivity index (χ4n) is 2.70. The van der Waals surface area contributed by atoms with Gasteiger partial charge in [0, 0.05) is 12.2 Å². The molecule has 0 bridgehead atoms. The lowest BCUT2D eigenvalue weighted by Crippen LogP contribution is -2.30. The van der Waals surface area contributed by atoms with E-state index in [4.69, 9.17) is 0 Å². The molecule has 0 heterocycles. The van der Waals surface area contributed by atoms with Crippen LogP contribution in [0.5, 0.6) is 0 Å². The van der Waals surface area contributed by atoms with Crippen molar-refractivity contribution >= 4 is 17.5 Å². The molecule has 1 aromatic rings. The van der Waals surface area contributed by atoms with Crippen LogP contribution in [0.3, 0.4) is 0 Å². The third-order valence-corrected chi connectivity index (χ3v) is 4.39. The Hall–Kier alpha value is -1.88. The minimum atomic E-state index is -0.191. The molecule has 0 radical (unpaired) electrons. The molecule has 1 fully saturated rings. The fraction of sp³-hybridized carbons (Fsp3) is 0.579. The second kappa shape index (κ2) is 8.29. The van der Waals surface area contributed by atoms with Gasteiger partial charge in [-0.15, -0.1) is 0 Å². The van der Waals surface area contributed by atoms with Crippen molar-refractivity contribution in [1.82, 2.24) is 10.2 Å². The molecule has 2 amide bonds. The number of hydrogen-bond donors (Lipinski definition) is 2. The van der Waals surface area contributed by atoms with E-state index in [0.29, 0.717) is 18.9 Å². The number of amides is 2. The number of nitrogens with zero attached hydrogens (tertiary/aromatic N) is 1. The average Bonchev–Trinajstić information content (AvgIpc) is 3.32. The topological polar surface area (TPSA) is 61.4 Å². The predicted molar refractivity (Wildman–Crippen MR) is 96.9 cm³/mol. The van der Waals surface area contributed by atoms with Crippen molar-refractivity contribution in [2.24, 2.45) is 11.8 Å². The highest BCUT2D eigenvalue weighted by Gasteiger charge is 2.47. The van der Waals surface area contributed by atoms with Crippen LogP contribution in [0.15, 0.2) is 24.3 Å². The van der Waals surface area contributed by atoms with Crippen LogP contribution in [-0.4, -0.2) is 43.9 Å². The highest BCUT2D eigenvalue weighted by atomic mass is 16.2. The van der Waals surface area contributed by atoms with Crippen LogP contribution < -0.4 is 10.6 Å². The second-order valence-electron chi connectivity index (χ2n) is 7.16. The number of hydrogen-bond acceptors (Lipinski definition) is 3. The van der Waals surface area contributed by atoms with E-state index in [9.17, 15) is 9.59 Å². The standard InChI is InChI=1S/C19H29N3O2/c1-13(2)14-6-8-15(9-7-14)21-19(24)17-12-16(17)18(23)20-10-5-11-22(3)4/h6-9,13,16-17H,5,10-12H2,1-4H3,(H,20,23)(H,21,24). The minimum Gasteiger partial charge on any atom is -0.356 e. The van der Waals surface area contributed by atoms with Crippen molar-refractivity contribution in [2.45, 2.75) is 32.6 Å². The van der Waals surface area contributed by atoms with Gasteiger partial charge in [-0.25, -0.2) is 0 Å². The van der Waals surface area contributed by atoms with Crippen LogP contribution in [0, 0.1) is 11.8 Å². The van der Waals surface area contributed by atoms with E-state index in [-0.39, 0.29) is 23.7 Å². The van der Waals surface area contributed by atoms with E-state index < -0.39 is 0 Å². The Labute approximate surface area is 144 Å². The maximum Gasteiger partial charge on any atom is 0.228 e. The summed E-state index contributed by atoms with van der Waals surface area (Å²) in [7, 11) is 4.02. The summed E-state index contributed by atoms with van der Waals surface area (Å²) in [4.78, 5) is 26.3. The first-order valence-electron chi connectivity index (χ1n) is 8.71. The molecule has 2 N–H and O–H groups in total. The van der Waals surface area contributed by atoms with Gasteiger partial charge in [0.05, 0.1) is 11.8 Å². The fourth-order valence-corrected chi connectivity index (χ4v) is 2.70. The van der Waals surface area contributed by atoms with E-state index in [2.05, 4.69) is 29.4 Å². The summed E-state index contributed by atoms with van der Waals surface area (Å²) in [5, 5.41) is 5.83. The molecule has 1 aliphatic rings. The van der Waals surface area contributed by atoms with Crippen molar-refractivity contribution in [3.63, 3.8) is 0 Å². The van der Waals surface area contributed by atoms with Crippen molar-refractivity contribution < 1.29 is 9.59 Å². The lowest BCUT2D eigenvalue weighted by Gasteiger charge is -2.10. The molecule has 132 valence electrons. The Morgan fingerprint density at radius 3 is 2.33 bits per heavy atom. The summed E-state index contributed by atoms with van der Waals surface area (Å²) in [6.07, 6.45) is 1.57. The predicted octanol–water partition coefficient (Wildman–Crippen LogP) is 2.45. The lowest BCUT2D eigenvalue weighted by atomic mass is 10.0. The van der Waals surface area contributed by atoms with Gasteiger partial charge < -0.3 is 15.5 Å². The number of nitrogens with one attached hydrogen (secondary N) is 2. The first-order valence-corrected chi connectivity index (χ1v) is 8.71. The zero-order chi connectivity index (χ0) is 17.7. The highest BCUT2D eigenvalue weighted by Crippen LogP contribution is 2.39. The van der Waals surface area contributed by atoms with Crippen LogP contribution in [0.25, 0.3) is 0 Å². The quantitative estimate of drug-likeness (QED) is 0.719. The summed E-state index contributed by atoms with van der Waals surface area (Å²) in [5.41, 5.74) is 2.04. The summed E-state index contributed by atoms with van der Waals surface area (Å²) in [5.74, 6) is 0.0615. The van der Waals surface area contributed by atoms with E-state index >= 15 is 0 Å². The summed E-state index contributed by atoms with van der Waals surface area (Å²) in [6.45, 7) is 5.89. The van der Waals surface area contributed by atoms with Gasteiger partial charge in [0.15, 0.2) is 0 Å².